The van der Waals surface area contributed by atoms with Crippen LogP contribution in [-0.2, 0) is 0 Å². The van der Waals surface area contributed by atoms with Gasteiger partial charge in [-0.3, -0.25) is 10.1 Å². The Bertz CT molecular complexity index is 1530. The van der Waals surface area contributed by atoms with Crippen molar-refractivity contribution in [3.05, 3.63) is 118 Å². The fourth-order valence-electron chi connectivity index (χ4n) is 4.00. The zero-order valence-electron chi connectivity index (χ0n) is 19.6. The van der Waals surface area contributed by atoms with E-state index in [9.17, 15) is 4.39 Å². The molecule has 4 aromatic rings. The summed E-state index contributed by atoms with van der Waals surface area (Å²) in [4.78, 5) is 7.74. The molecule has 0 bridgehead atoms. The average Bonchev–Trinajstić information content (AvgIpc) is 3.40. The molecule has 0 radical (unpaired) electrons. The van der Waals surface area contributed by atoms with Crippen LogP contribution in [0.5, 0.6) is 0 Å². The predicted octanol–water partition coefficient (Wildman–Crippen LogP) is 5.47. The molecule has 0 aliphatic carbocycles. The lowest BCUT2D eigenvalue weighted by Gasteiger charge is -2.07. The second-order valence-corrected chi connectivity index (χ2v) is 8.16. The summed E-state index contributed by atoms with van der Waals surface area (Å²) in [6.45, 7) is 14.1. The fraction of sp³-hybridized carbons (Fsp3) is 0.103. The number of halogens is 1. The molecular weight excluding hydrogens is 423 g/mol. The van der Waals surface area contributed by atoms with Crippen LogP contribution in [0, 0.1) is 19.7 Å². The minimum absolute atomic E-state index is 0.280. The number of hydrogen-bond donors (Lipinski definition) is 2. The molecule has 0 amide bonds. The van der Waals surface area contributed by atoms with Gasteiger partial charge in [0.15, 0.2) is 0 Å². The largest absolute Gasteiger partial charge is 0.357 e. The normalized spacial score (nSPS) is 12.9. The Hall–Kier alpha value is -4.25. The maximum Gasteiger partial charge on any atom is 0.123 e. The van der Waals surface area contributed by atoms with Crippen molar-refractivity contribution in [3.8, 4) is 11.4 Å². The highest BCUT2D eigenvalue weighted by Crippen LogP contribution is 2.30. The molecule has 4 nitrogen and oxygen atoms in total. The van der Waals surface area contributed by atoms with Crippen LogP contribution < -0.4 is 10.6 Å². The number of aromatic amines is 2. The van der Waals surface area contributed by atoms with Gasteiger partial charge in [-0.15, -0.1) is 0 Å². The van der Waals surface area contributed by atoms with Gasteiger partial charge in [0, 0.05) is 28.9 Å². The van der Waals surface area contributed by atoms with Gasteiger partial charge in [-0.1, -0.05) is 43.5 Å². The number of nitrogens with one attached hydrogen (secondary N) is 2. The Kier molecular flexibility index (Phi) is 6.55. The summed E-state index contributed by atoms with van der Waals surface area (Å²) < 4.78 is 13.9. The molecule has 1 aromatic carbocycles. The lowest BCUT2D eigenvalue weighted by Crippen LogP contribution is -2.23. The Morgan fingerprint density at radius 2 is 1.91 bits per heavy atom. The van der Waals surface area contributed by atoms with E-state index in [0.29, 0.717) is 0 Å². The summed E-state index contributed by atoms with van der Waals surface area (Å²) in [5.41, 5.74) is 8.08. The Morgan fingerprint density at radius 3 is 2.62 bits per heavy atom. The van der Waals surface area contributed by atoms with E-state index in [-0.39, 0.29) is 5.82 Å². The van der Waals surface area contributed by atoms with Crippen molar-refractivity contribution < 1.29 is 4.39 Å². The van der Waals surface area contributed by atoms with E-state index < -0.39 is 0 Å². The van der Waals surface area contributed by atoms with Crippen LogP contribution in [0.25, 0.3) is 34.7 Å². The minimum Gasteiger partial charge on any atom is -0.357 e. The number of pyridine rings is 1. The summed E-state index contributed by atoms with van der Waals surface area (Å²) in [7, 11) is 0. The van der Waals surface area contributed by atoms with Crippen molar-refractivity contribution in [1.82, 2.24) is 20.2 Å². The number of nitrogens with zero attached hydrogens (tertiary/aromatic N) is 2. The molecule has 0 saturated heterocycles. The zero-order chi connectivity index (χ0) is 24.2. The van der Waals surface area contributed by atoms with Gasteiger partial charge in [-0.25, -0.2) is 4.39 Å². The predicted molar refractivity (Wildman–Crippen MR) is 139 cm³/mol. The quantitative estimate of drug-likeness (QED) is 0.383. The van der Waals surface area contributed by atoms with Crippen LogP contribution in [0.1, 0.15) is 34.9 Å². The molecule has 0 fully saturated rings. The highest BCUT2D eigenvalue weighted by Gasteiger charge is 2.15. The number of benzene rings is 1. The first-order valence-corrected chi connectivity index (χ1v) is 11.0. The van der Waals surface area contributed by atoms with Gasteiger partial charge in [-0.2, -0.15) is 5.10 Å². The summed E-state index contributed by atoms with van der Waals surface area (Å²) in [6, 6.07) is 10.7. The number of rotatable bonds is 6. The van der Waals surface area contributed by atoms with E-state index in [0.717, 1.165) is 61.0 Å². The molecule has 170 valence electrons. The van der Waals surface area contributed by atoms with Crippen molar-refractivity contribution in [2.24, 2.45) is 0 Å². The molecule has 2 N–H and O–H groups in total. The van der Waals surface area contributed by atoms with Crippen molar-refractivity contribution in [3.63, 3.8) is 0 Å². The van der Waals surface area contributed by atoms with Crippen LogP contribution in [0.3, 0.4) is 0 Å². The van der Waals surface area contributed by atoms with Gasteiger partial charge >= 0.3 is 0 Å². The number of H-pyrrole nitrogens is 2. The molecule has 0 aliphatic rings. The highest BCUT2D eigenvalue weighted by molar-refractivity contribution is 5.88. The lowest BCUT2D eigenvalue weighted by atomic mass is 9.97. The Labute approximate surface area is 198 Å². The highest BCUT2D eigenvalue weighted by atomic mass is 19.1. The third kappa shape index (κ3) is 4.59. The minimum atomic E-state index is -0.280. The van der Waals surface area contributed by atoms with Crippen LogP contribution >= 0.6 is 0 Å². The van der Waals surface area contributed by atoms with Crippen molar-refractivity contribution in [2.45, 2.75) is 20.8 Å². The molecule has 5 heteroatoms. The van der Waals surface area contributed by atoms with Crippen molar-refractivity contribution in [1.29, 1.82) is 0 Å². The van der Waals surface area contributed by atoms with E-state index >= 15 is 0 Å². The summed E-state index contributed by atoms with van der Waals surface area (Å²) >= 11 is 0. The fourth-order valence-corrected chi connectivity index (χ4v) is 4.00. The van der Waals surface area contributed by atoms with E-state index in [1.165, 1.54) is 12.1 Å². The number of hydrogen-bond acceptors (Lipinski definition) is 2. The van der Waals surface area contributed by atoms with Crippen LogP contribution in [0.15, 0.2) is 74.1 Å². The van der Waals surface area contributed by atoms with E-state index in [1.54, 1.807) is 12.1 Å². The number of aryl methyl sites for hydroxylation is 2. The smallest absolute Gasteiger partial charge is 0.123 e. The topological polar surface area (TPSA) is 57.4 Å². The molecule has 0 saturated carbocycles. The molecule has 3 aromatic heterocycles. The first-order valence-electron chi connectivity index (χ1n) is 11.0. The summed E-state index contributed by atoms with van der Waals surface area (Å²) in [6.07, 6.45) is 11.2. The molecular formula is C29H27FN4. The van der Waals surface area contributed by atoms with Crippen molar-refractivity contribution >= 4 is 23.3 Å². The molecule has 34 heavy (non-hydrogen) atoms. The molecule has 0 atom stereocenters. The van der Waals surface area contributed by atoms with Gasteiger partial charge in [-0.05, 0) is 78.9 Å². The monoisotopic (exact) mass is 450 g/mol. The maximum absolute atomic E-state index is 13.9. The SMILES string of the molecule is C=C/C=C(/c1cccc(F)c1)c1cc(-c2n[nH]c(=C/C)/c2=C\C(=C)c2cncc(C)c2)[nH]c1C. The molecule has 0 unspecified atom stereocenters. The third-order valence-corrected chi connectivity index (χ3v) is 5.67. The second-order valence-electron chi connectivity index (χ2n) is 8.16. The Balaban J connectivity index is 1.84. The van der Waals surface area contributed by atoms with Gasteiger partial charge in [0.05, 0.1) is 11.0 Å². The molecule has 0 spiro atoms. The van der Waals surface area contributed by atoms with Crippen LogP contribution in [-0.4, -0.2) is 20.2 Å². The third-order valence-electron chi connectivity index (χ3n) is 5.67. The van der Waals surface area contributed by atoms with E-state index in [4.69, 9.17) is 0 Å². The molecule has 0 aliphatic heterocycles. The first kappa shape index (κ1) is 22.9. The zero-order valence-corrected chi connectivity index (χ0v) is 19.6. The van der Waals surface area contributed by atoms with Gasteiger partial charge in [0.1, 0.15) is 11.5 Å². The Morgan fingerprint density at radius 1 is 1.09 bits per heavy atom. The van der Waals surface area contributed by atoms with Crippen LogP contribution in [0.4, 0.5) is 4.39 Å². The summed E-state index contributed by atoms with van der Waals surface area (Å²) in [5, 5.41) is 9.54. The van der Waals surface area contributed by atoms with Gasteiger partial charge in [0.25, 0.3) is 0 Å². The van der Waals surface area contributed by atoms with Crippen molar-refractivity contribution in [2.75, 3.05) is 0 Å². The van der Waals surface area contributed by atoms with E-state index in [2.05, 4.69) is 39.4 Å². The number of allylic oxidation sites excluding steroid dienone is 3. The maximum atomic E-state index is 13.9. The molecule has 3 heterocycles. The lowest BCUT2D eigenvalue weighted by molar-refractivity contribution is 0.627. The second kappa shape index (κ2) is 9.71. The molecule has 4 rings (SSSR count). The first-order chi connectivity index (χ1) is 16.4. The standard InChI is InChI=1S/C29H27FN4/c1-6-9-24(21-10-8-11-23(30)14-21)25-15-28(32-20(25)5)29-26(27(7-2)33-34-29)13-19(4)22-12-18(3)16-31-17-22/h6-17,32-33H,1,4H2,2-3,5H3/b24-9-,26-13+,27-7+. The van der Waals surface area contributed by atoms with Crippen LogP contribution in [0.2, 0.25) is 0 Å². The van der Waals surface area contributed by atoms with E-state index in [1.807, 2.05) is 63.5 Å². The summed E-state index contributed by atoms with van der Waals surface area (Å²) in [5.74, 6) is -0.280. The van der Waals surface area contributed by atoms with Gasteiger partial charge in [0.2, 0.25) is 0 Å². The van der Waals surface area contributed by atoms with Gasteiger partial charge < -0.3 is 4.98 Å². The number of aromatic nitrogens is 4. The average molecular weight is 451 g/mol.